The second kappa shape index (κ2) is 5.77. The van der Waals surface area contributed by atoms with E-state index < -0.39 is 27.6 Å². The first-order valence-electron chi connectivity index (χ1n) is 6.06. The molecule has 7 nitrogen and oxygen atoms in total. The van der Waals surface area contributed by atoms with Crippen LogP contribution in [-0.2, 0) is 19.4 Å². The highest BCUT2D eigenvalue weighted by molar-refractivity contribution is 8.06. The monoisotopic (exact) mass is 292 g/mol. The zero-order valence-corrected chi connectivity index (χ0v) is 12.4. The highest BCUT2D eigenvalue weighted by Gasteiger charge is 2.30. The summed E-state index contributed by atoms with van der Waals surface area (Å²) in [6.45, 7) is 6.97. The van der Waals surface area contributed by atoms with Gasteiger partial charge in [-0.25, -0.2) is 13.2 Å². The third-order valence-corrected chi connectivity index (χ3v) is 4.04. The van der Waals surface area contributed by atoms with Crippen LogP contribution in [0, 0.1) is 0 Å². The van der Waals surface area contributed by atoms with Crippen LogP contribution in [0.1, 0.15) is 34.1 Å². The third kappa shape index (κ3) is 5.06. The third-order valence-electron chi connectivity index (χ3n) is 2.32. The van der Waals surface area contributed by atoms with Crippen molar-refractivity contribution in [2.75, 3.05) is 12.3 Å². The number of nitrogens with one attached hydrogen (secondary N) is 1. The molecule has 1 aliphatic heterocycles. The van der Waals surface area contributed by atoms with Crippen molar-refractivity contribution in [1.29, 1.82) is 0 Å². The molecule has 1 unspecified atom stereocenters. The number of hydrogen-bond donors (Lipinski definition) is 1. The summed E-state index contributed by atoms with van der Waals surface area (Å²) in [4.78, 5) is 16.4. The van der Waals surface area contributed by atoms with Crippen molar-refractivity contribution in [1.82, 2.24) is 5.32 Å². The Bertz CT molecular complexity index is 464. The van der Waals surface area contributed by atoms with Gasteiger partial charge in [-0.1, -0.05) is 12.1 Å². The Labute approximate surface area is 113 Å². The summed E-state index contributed by atoms with van der Waals surface area (Å²) in [5.41, 5.74) is -0.576. The molecule has 0 aliphatic carbocycles. The Morgan fingerprint density at radius 2 is 2.16 bits per heavy atom. The summed E-state index contributed by atoms with van der Waals surface area (Å²) in [6, 6.07) is 0. The maximum atomic E-state index is 11.6. The van der Waals surface area contributed by atoms with E-state index in [0.29, 0.717) is 0 Å². The Hall–Kier alpha value is -1.31. The molecule has 0 aromatic carbocycles. The number of amides is 1. The lowest BCUT2D eigenvalue weighted by Gasteiger charge is -2.20. The highest BCUT2D eigenvalue weighted by Crippen LogP contribution is 2.14. The van der Waals surface area contributed by atoms with Gasteiger partial charge in [0.2, 0.25) is 0 Å². The number of ether oxygens (including phenoxy) is 1. The van der Waals surface area contributed by atoms with Crippen LogP contribution >= 0.6 is 0 Å². The van der Waals surface area contributed by atoms with Crippen LogP contribution in [-0.4, -0.2) is 43.6 Å². The fraction of sp³-hybridized carbons (Fsp3) is 0.818. The van der Waals surface area contributed by atoms with Crippen molar-refractivity contribution < 1.29 is 22.8 Å². The van der Waals surface area contributed by atoms with Gasteiger partial charge in [0.25, 0.3) is 0 Å². The maximum absolute atomic E-state index is 11.6. The number of carbonyl (C=O) groups is 1. The molecule has 0 saturated heterocycles. The van der Waals surface area contributed by atoms with Crippen LogP contribution in [0.3, 0.4) is 0 Å². The first-order chi connectivity index (χ1) is 8.64. The maximum Gasteiger partial charge on any atom is 0.407 e. The van der Waals surface area contributed by atoms with E-state index in [1.807, 2.05) is 0 Å². The molecule has 1 N–H and O–H groups in total. The van der Waals surface area contributed by atoms with Crippen molar-refractivity contribution in [3.8, 4) is 0 Å². The lowest BCUT2D eigenvalue weighted by atomic mass is 10.2. The average Bonchev–Trinajstić information content (AvgIpc) is 2.73. The van der Waals surface area contributed by atoms with Gasteiger partial charge in [-0.3, -0.25) is 0 Å². The van der Waals surface area contributed by atoms with Crippen molar-refractivity contribution >= 4 is 21.0 Å². The number of sulfone groups is 1. The van der Waals surface area contributed by atoms with Gasteiger partial charge in [-0.2, -0.15) is 0 Å². The van der Waals surface area contributed by atoms with Gasteiger partial charge in [0.15, 0.2) is 21.0 Å². The van der Waals surface area contributed by atoms with Crippen molar-refractivity contribution in [2.24, 2.45) is 5.16 Å². The number of carbonyl (C=O) groups excluding carboxylic acids is 1. The molecule has 0 aromatic rings. The van der Waals surface area contributed by atoms with Crippen molar-refractivity contribution in [2.45, 2.75) is 45.8 Å². The molecule has 1 atom stereocenters. The van der Waals surface area contributed by atoms with E-state index in [1.165, 1.54) is 0 Å². The Morgan fingerprint density at radius 1 is 1.53 bits per heavy atom. The zero-order chi connectivity index (χ0) is 14.7. The fourth-order valence-electron chi connectivity index (χ4n) is 1.37. The van der Waals surface area contributed by atoms with Crippen molar-refractivity contribution in [3.05, 3.63) is 0 Å². The summed E-state index contributed by atoms with van der Waals surface area (Å²) in [5, 5.41) is 6.10. The molecule has 19 heavy (non-hydrogen) atoms. The number of rotatable bonds is 3. The number of oxime groups is 1. The van der Waals surface area contributed by atoms with Crippen LogP contribution in [0.15, 0.2) is 5.16 Å². The summed E-state index contributed by atoms with van der Waals surface area (Å²) in [5.74, 6) is -0.0125. The zero-order valence-electron chi connectivity index (χ0n) is 11.6. The summed E-state index contributed by atoms with van der Waals surface area (Å²) in [7, 11) is -3.32. The van der Waals surface area contributed by atoms with Gasteiger partial charge in [0.1, 0.15) is 5.60 Å². The minimum Gasteiger partial charge on any atom is -0.444 e. The van der Waals surface area contributed by atoms with Crippen LogP contribution < -0.4 is 5.32 Å². The highest BCUT2D eigenvalue weighted by atomic mass is 32.2. The van der Waals surface area contributed by atoms with Gasteiger partial charge in [0.05, 0.1) is 12.3 Å². The molecule has 0 aromatic heterocycles. The Kier molecular flexibility index (Phi) is 4.78. The summed E-state index contributed by atoms with van der Waals surface area (Å²) < 4.78 is 28.2. The van der Waals surface area contributed by atoms with Crippen LogP contribution in [0.2, 0.25) is 0 Å². The van der Waals surface area contributed by atoms with E-state index >= 15 is 0 Å². The standard InChI is InChI=1S/C11H20N2O5S/c1-5-19(15,16)9-6-8(18-13-9)7-12-10(14)17-11(2,3)4/h8H,5-7H2,1-4H3,(H,12,14). The molecule has 1 heterocycles. The first-order valence-corrected chi connectivity index (χ1v) is 7.71. The molecule has 110 valence electrons. The van der Waals surface area contributed by atoms with Gasteiger partial charge in [-0.05, 0) is 20.8 Å². The molecule has 1 amide bonds. The Morgan fingerprint density at radius 3 is 2.68 bits per heavy atom. The second-order valence-corrected chi connectivity index (χ2v) is 7.48. The summed E-state index contributed by atoms with van der Waals surface area (Å²) >= 11 is 0. The number of alkyl carbamates (subject to hydrolysis) is 1. The topological polar surface area (TPSA) is 94.1 Å². The molecule has 1 aliphatic rings. The smallest absolute Gasteiger partial charge is 0.407 e. The Balaban J connectivity index is 2.38. The van der Waals surface area contributed by atoms with E-state index in [4.69, 9.17) is 9.57 Å². The van der Waals surface area contributed by atoms with Crippen LogP contribution in [0.25, 0.3) is 0 Å². The summed E-state index contributed by atoms with van der Waals surface area (Å²) in [6.07, 6.45) is -0.863. The van der Waals surface area contributed by atoms with Crippen molar-refractivity contribution in [3.63, 3.8) is 0 Å². The molecular weight excluding hydrogens is 272 g/mol. The minimum atomic E-state index is -3.32. The minimum absolute atomic E-state index is 0.0125. The fourth-order valence-corrected chi connectivity index (χ4v) is 2.30. The molecule has 8 heteroatoms. The SMILES string of the molecule is CCS(=O)(=O)C1=NOC(CNC(=O)OC(C)(C)C)C1. The number of hydrogen-bond acceptors (Lipinski definition) is 6. The molecule has 0 fully saturated rings. The predicted molar refractivity (Wildman–Crippen MR) is 70.6 cm³/mol. The molecule has 0 spiro atoms. The first kappa shape index (κ1) is 15.7. The molecular formula is C11H20N2O5S. The van der Waals surface area contributed by atoms with Crippen LogP contribution in [0.4, 0.5) is 4.79 Å². The average molecular weight is 292 g/mol. The molecule has 0 saturated carbocycles. The van der Waals surface area contributed by atoms with E-state index in [0.717, 1.165) is 0 Å². The molecule has 1 rings (SSSR count). The lowest BCUT2D eigenvalue weighted by Crippen LogP contribution is -2.37. The van der Waals surface area contributed by atoms with Gasteiger partial charge >= 0.3 is 6.09 Å². The molecule has 0 radical (unpaired) electrons. The lowest BCUT2D eigenvalue weighted by molar-refractivity contribution is 0.0439. The van der Waals surface area contributed by atoms with E-state index in [9.17, 15) is 13.2 Å². The van der Waals surface area contributed by atoms with Gasteiger partial charge in [-0.15, -0.1) is 0 Å². The quantitative estimate of drug-likeness (QED) is 0.839. The van der Waals surface area contributed by atoms with E-state index in [1.54, 1.807) is 27.7 Å². The normalized spacial score (nSPS) is 19.6. The van der Waals surface area contributed by atoms with E-state index in [2.05, 4.69) is 10.5 Å². The second-order valence-electron chi connectivity index (χ2n) is 5.20. The molecule has 0 bridgehead atoms. The largest absolute Gasteiger partial charge is 0.444 e. The predicted octanol–water partition coefficient (Wildman–Crippen LogP) is 1.05. The van der Waals surface area contributed by atoms with Gasteiger partial charge < -0.3 is 14.9 Å². The number of nitrogens with zero attached hydrogens (tertiary/aromatic N) is 1. The van der Waals surface area contributed by atoms with Gasteiger partial charge in [0, 0.05) is 6.42 Å². The van der Waals surface area contributed by atoms with E-state index in [-0.39, 0.29) is 23.8 Å². The van der Waals surface area contributed by atoms with Crippen LogP contribution in [0.5, 0.6) is 0 Å².